The third-order valence-corrected chi connectivity index (χ3v) is 3.36. The van der Waals surface area contributed by atoms with Gasteiger partial charge >= 0.3 is 0 Å². The SMILES string of the molecule is CCOC(C)=NOCc1ccc(-c2noc(C3CC3)n2)cc1. The highest BCUT2D eigenvalue weighted by atomic mass is 16.6. The van der Waals surface area contributed by atoms with E-state index in [1.807, 2.05) is 31.2 Å². The van der Waals surface area contributed by atoms with Gasteiger partial charge in [0, 0.05) is 18.4 Å². The van der Waals surface area contributed by atoms with E-state index in [1.54, 1.807) is 6.92 Å². The summed E-state index contributed by atoms with van der Waals surface area (Å²) in [6, 6.07) is 7.85. The van der Waals surface area contributed by atoms with Crippen LogP contribution in [0.4, 0.5) is 0 Å². The van der Waals surface area contributed by atoms with Crippen molar-refractivity contribution in [3.63, 3.8) is 0 Å². The fourth-order valence-corrected chi connectivity index (χ4v) is 2.03. The van der Waals surface area contributed by atoms with Crippen molar-refractivity contribution in [2.45, 2.75) is 39.2 Å². The summed E-state index contributed by atoms with van der Waals surface area (Å²) in [7, 11) is 0. The van der Waals surface area contributed by atoms with E-state index in [1.165, 1.54) is 0 Å². The predicted molar refractivity (Wildman–Crippen MR) is 81.2 cm³/mol. The van der Waals surface area contributed by atoms with Crippen LogP contribution < -0.4 is 0 Å². The molecule has 0 aliphatic heterocycles. The number of benzene rings is 1. The molecule has 0 spiro atoms. The smallest absolute Gasteiger partial charge is 0.230 e. The van der Waals surface area contributed by atoms with Crippen LogP contribution in [-0.4, -0.2) is 22.6 Å². The first-order chi connectivity index (χ1) is 10.8. The van der Waals surface area contributed by atoms with Crippen molar-refractivity contribution in [3.05, 3.63) is 35.7 Å². The first-order valence-electron chi connectivity index (χ1n) is 7.48. The van der Waals surface area contributed by atoms with Gasteiger partial charge in [0.2, 0.25) is 17.6 Å². The molecule has 1 heterocycles. The number of hydrogen-bond donors (Lipinski definition) is 0. The lowest BCUT2D eigenvalue weighted by Gasteiger charge is -2.03. The Hall–Kier alpha value is -2.37. The van der Waals surface area contributed by atoms with Crippen LogP contribution in [0.1, 0.15) is 44.1 Å². The molecule has 1 aliphatic rings. The highest BCUT2D eigenvalue weighted by Crippen LogP contribution is 2.39. The number of nitrogens with zero attached hydrogens (tertiary/aromatic N) is 3. The molecular weight excluding hydrogens is 282 g/mol. The van der Waals surface area contributed by atoms with E-state index in [2.05, 4.69) is 15.3 Å². The molecule has 0 amide bonds. The second-order valence-corrected chi connectivity index (χ2v) is 5.24. The lowest BCUT2D eigenvalue weighted by Crippen LogP contribution is -2.00. The zero-order valence-electron chi connectivity index (χ0n) is 12.8. The molecule has 116 valence electrons. The molecule has 0 unspecified atom stereocenters. The van der Waals surface area contributed by atoms with Gasteiger partial charge in [-0.15, -0.1) is 0 Å². The molecule has 2 aromatic rings. The molecule has 0 saturated heterocycles. The van der Waals surface area contributed by atoms with Gasteiger partial charge in [-0.05, 0) is 25.3 Å². The number of oxime groups is 1. The zero-order valence-corrected chi connectivity index (χ0v) is 12.8. The van der Waals surface area contributed by atoms with Crippen molar-refractivity contribution in [3.8, 4) is 11.4 Å². The van der Waals surface area contributed by atoms with E-state index in [4.69, 9.17) is 14.1 Å². The van der Waals surface area contributed by atoms with Gasteiger partial charge in [-0.2, -0.15) is 4.98 Å². The molecular formula is C16H19N3O3. The molecule has 6 nitrogen and oxygen atoms in total. The largest absolute Gasteiger partial charge is 0.479 e. The van der Waals surface area contributed by atoms with Crippen molar-refractivity contribution in [1.82, 2.24) is 10.1 Å². The lowest BCUT2D eigenvalue weighted by molar-refractivity contribution is 0.119. The van der Waals surface area contributed by atoms with Gasteiger partial charge in [0.1, 0.15) is 6.61 Å². The lowest BCUT2D eigenvalue weighted by atomic mass is 10.1. The maximum absolute atomic E-state index is 5.27. The van der Waals surface area contributed by atoms with Gasteiger partial charge < -0.3 is 14.1 Å². The third kappa shape index (κ3) is 3.63. The normalized spacial score (nSPS) is 14.9. The van der Waals surface area contributed by atoms with Gasteiger partial charge in [-0.1, -0.05) is 34.6 Å². The highest BCUT2D eigenvalue weighted by molar-refractivity contribution is 5.72. The molecule has 1 saturated carbocycles. The molecule has 22 heavy (non-hydrogen) atoms. The average Bonchev–Trinajstić information content (AvgIpc) is 3.26. The van der Waals surface area contributed by atoms with Crippen LogP contribution in [0.25, 0.3) is 11.4 Å². The summed E-state index contributed by atoms with van der Waals surface area (Å²) in [5, 5.41) is 7.90. The van der Waals surface area contributed by atoms with E-state index >= 15 is 0 Å². The quantitative estimate of drug-likeness (QED) is 0.464. The minimum Gasteiger partial charge on any atom is -0.479 e. The van der Waals surface area contributed by atoms with Crippen LogP contribution in [0.2, 0.25) is 0 Å². The summed E-state index contributed by atoms with van der Waals surface area (Å²) >= 11 is 0. The number of aromatic nitrogens is 2. The minimum atomic E-state index is 0.393. The van der Waals surface area contributed by atoms with Crippen LogP contribution in [-0.2, 0) is 16.2 Å². The topological polar surface area (TPSA) is 69.7 Å². The monoisotopic (exact) mass is 301 g/mol. The Balaban J connectivity index is 1.58. The van der Waals surface area contributed by atoms with Crippen molar-refractivity contribution < 1.29 is 14.1 Å². The average molecular weight is 301 g/mol. The Kier molecular flexibility index (Phi) is 4.37. The van der Waals surface area contributed by atoms with Gasteiger partial charge in [-0.3, -0.25) is 0 Å². The summed E-state index contributed by atoms with van der Waals surface area (Å²) in [5.41, 5.74) is 1.95. The van der Waals surface area contributed by atoms with Gasteiger partial charge in [0.05, 0.1) is 6.61 Å². The molecule has 0 radical (unpaired) electrons. The van der Waals surface area contributed by atoms with E-state index in [-0.39, 0.29) is 0 Å². The zero-order chi connectivity index (χ0) is 15.4. The van der Waals surface area contributed by atoms with Crippen molar-refractivity contribution in [2.75, 3.05) is 6.61 Å². The summed E-state index contributed by atoms with van der Waals surface area (Å²) in [4.78, 5) is 9.67. The summed E-state index contributed by atoms with van der Waals surface area (Å²) in [6.07, 6.45) is 2.30. The molecule has 1 fully saturated rings. The van der Waals surface area contributed by atoms with Crippen LogP contribution in [0.3, 0.4) is 0 Å². The fourth-order valence-electron chi connectivity index (χ4n) is 2.03. The molecule has 3 rings (SSSR count). The van der Waals surface area contributed by atoms with Crippen molar-refractivity contribution in [2.24, 2.45) is 5.16 Å². The summed E-state index contributed by atoms with van der Waals surface area (Å²) in [5.74, 6) is 2.39. The molecule has 0 N–H and O–H groups in total. The molecule has 0 bridgehead atoms. The summed E-state index contributed by atoms with van der Waals surface area (Å²) in [6.45, 7) is 4.65. The fraction of sp³-hybridized carbons (Fsp3) is 0.438. The van der Waals surface area contributed by atoms with Gasteiger partial charge in [0.15, 0.2) is 0 Å². The van der Waals surface area contributed by atoms with Gasteiger partial charge in [-0.25, -0.2) is 0 Å². The standard InChI is InChI=1S/C16H19N3O3/c1-3-20-11(2)18-21-10-12-4-6-13(7-5-12)15-17-16(22-19-15)14-8-9-14/h4-7,14H,3,8-10H2,1-2H3. The molecule has 1 aromatic carbocycles. The second kappa shape index (κ2) is 6.60. The Bertz CT molecular complexity index is 645. The summed E-state index contributed by atoms with van der Waals surface area (Å²) < 4.78 is 10.5. The first-order valence-corrected chi connectivity index (χ1v) is 7.48. The predicted octanol–water partition coefficient (Wildman–Crippen LogP) is 3.50. The van der Waals surface area contributed by atoms with E-state index in [0.29, 0.717) is 30.9 Å². The third-order valence-electron chi connectivity index (χ3n) is 3.36. The minimum absolute atomic E-state index is 0.393. The van der Waals surface area contributed by atoms with Crippen molar-refractivity contribution in [1.29, 1.82) is 0 Å². The van der Waals surface area contributed by atoms with Crippen LogP contribution in [0, 0.1) is 0 Å². The second-order valence-electron chi connectivity index (χ2n) is 5.24. The number of ether oxygens (including phenoxy) is 1. The van der Waals surface area contributed by atoms with Crippen LogP contribution in [0.15, 0.2) is 33.9 Å². The molecule has 1 aromatic heterocycles. The van der Waals surface area contributed by atoms with Gasteiger partial charge in [0.25, 0.3) is 0 Å². The number of rotatable bonds is 6. The highest BCUT2D eigenvalue weighted by Gasteiger charge is 2.29. The van der Waals surface area contributed by atoms with E-state index in [9.17, 15) is 0 Å². The van der Waals surface area contributed by atoms with E-state index < -0.39 is 0 Å². The maximum atomic E-state index is 5.27. The molecule has 6 heteroatoms. The first kappa shape index (κ1) is 14.6. The van der Waals surface area contributed by atoms with Crippen LogP contribution >= 0.6 is 0 Å². The number of hydrogen-bond acceptors (Lipinski definition) is 6. The molecule has 0 atom stereocenters. The Labute approximate surface area is 129 Å². The van der Waals surface area contributed by atoms with Crippen LogP contribution in [0.5, 0.6) is 0 Å². The maximum Gasteiger partial charge on any atom is 0.230 e. The van der Waals surface area contributed by atoms with E-state index in [0.717, 1.165) is 29.9 Å². The Morgan fingerprint density at radius 2 is 2.09 bits per heavy atom. The molecule has 1 aliphatic carbocycles. The van der Waals surface area contributed by atoms with Crippen molar-refractivity contribution >= 4 is 5.90 Å². The Morgan fingerprint density at radius 1 is 1.32 bits per heavy atom. The Morgan fingerprint density at radius 3 is 2.77 bits per heavy atom.